The number of benzene rings is 2. The van der Waals surface area contributed by atoms with Crippen molar-refractivity contribution in [2.75, 3.05) is 37.7 Å². The van der Waals surface area contributed by atoms with E-state index in [1.54, 1.807) is 24.3 Å². The topological polar surface area (TPSA) is 177 Å². The summed E-state index contributed by atoms with van der Waals surface area (Å²) in [6.45, 7) is 1.88. The third-order valence-electron chi connectivity index (χ3n) is 5.89. The number of hydrogen-bond donors (Lipinski definition) is 3. The fraction of sp³-hybridized carbons (Fsp3) is 0.148. The van der Waals surface area contributed by atoms with Crippen LogP contribution in [-0.4, -0.2) is 42.4 Å². The van der Waals surface area contributed by atoms with E-state index in [-0.39, 0.29) is 17.3 Å². The second-order valence-electron chi connectivity index (χ2n) is 8.52. The molecule has 0 radical (unpaired) electrons. The molecule has 41 heavy (non-hydrogen) atoms. The number of ether oxygens (including phenoxy) is 3. The lowest BCUT2D eigenvalue weighted by molar-refractivity contribution is 0.102. The van der Waals surface area contributed by atoms with Crippen LogP contribution in [0.25, 0.3) is 22.2 Å². The molecule has 0 aliphatic carbocycles. The van der Waals surface area contributed by atoms with E-state index in [4.69, 9.17) is 28.9 Å². The van der Waals surface area contributed by atoms with E-state index in [9.17, 15) is 9.59 Å². The number of aryl methyl sites for hydroxylation is 1. The van der Waals surface area contributed by atoms with Crippen molar-refractivity contribution in [1.29, 1.82) is 0 Å². The summed E-state index contributed by atoms with van der Waals surface area (Å²) in [4.78, 5) is 33.1. The molecule has 1 amide bonds. The van der Waals surface area contributed by atoms with Crippen molar-refractivity contribution in [2.45, 2.75) is 6.92 Å². The Balaban J connectivity index is 1.38. The molecule has 0 unspecified atom stereocenters. The average molecular weight is 577 g/mol. The molecule has 4 N–H and O–H groups in total. The lowest BCUT2D eigenvalue weighted by atomic mass is 10.1. The van der Waals surface area contributed by atoms with Crippen LogP contribution < -0.4 is 36.2 Å². The quantitative estimate of drug-likeness (QED) is 0.220. The zero-order valence-electron chi connectivity index (χ0n) is 22.3. The molecular formula is C27H24N6O7S. The summed E-state index contributed by atoms with van der Waals surface area (Å²) in [6.07, 6.45) is 1.10. The predicted octanol–water partition coefficient (Wildman–Crippen LogP) is 4.73. The van der Waals surface area contributed by atoms with Crippen molar-refractivity contribution in [3.8, 4) is 39.4 Å². The number of nitrogens with zero attached hydrogens (tertiary/aromatic N) is 3. The van der Waals surface area contributed by atoms with Crippen LogP contribution in [0.1, 0.15) is 15.9 Å². The van der Waals surface area contributed by atoms with Gasteiger partial charge in [-0.2, -0.15) is 4.98 Å². The number of rotatable bonds is 9. The lowest BCUT2D eigenvalue weighted by Crippen LogP contribution is -2.13. The first-order chi connectivity index (χ1) is 19.8. The Labute approximate surface area is 236 Å². The minimum Gasteiger partial charge on any atom is -0.493 e. The van der Waals surface area contributed by atoms with Crippen molar-refractivity contribution in [1.82, 2.24) is 15.1 Å². The van der Waals surface area contributed by atoms with E-state index in [2.05, 4.69) is 25.8 Å². The van der Waals surface area contributed by atoms with Crippen molar-refractivity contribution in [3.05, 3.63) is 70.3 Å². The highest BCUT2D eigenvalue weighted by Gasteiger charge is 2.21. The van der Waals surface area contributed by atoms with E-state index in [1.165, 1.54) is 44.8 Å². The molecule has 0 aliphatic rings. The van der Waals surface area contributed by atoms with Gasteiger partial charge in [-0.25, -0.2) is 9.78 Å². The van der Waals surface area contributed by atoms with Crippen LogP contribution in [0.4, 0.5) is 22.3 Å². The lowest BCUT2D eigenvalue weighted by Gasteiger charge is -2.14. The van der Waals surface area contributed by atoms with Crippen LogP contribution in [0.15, 0.2) is 62.5 Å². The minimum absolute atomic E-state index is 0.182. The number of thiazole rings is 1. The van der Waals surface area contributed by atoms with Gasteiger partial charge in [0.05, 0.1) is 26.9 Å². The van der Waals surface area contributed by atoms with Crippen molar-refractivity contribution >= 4 is 39.6 Å². The number of anilines is 4. The van der Waals surface area contributed by atoms with Gasteiger partial charge in [0.1, 0.15) is 17.0 Å². The van der Waals surface area contributed by atoms with Crippen LogP contribution in [0.3, 0.4) is 0 Å². The van der Waals surface area contributed by atoms with Gasteiger partial charge >= 0.3 is 5.63 Å². The SMILES string of the molecule is COc1cc(Nc2nc(N)c(-c3nc(-c4cc(NC(=O)c5ccc(=O)oc5)ccc4C)no3)s2)cc(OC)c1OC. The zero-order chi connectivity index (χ0) is 29.1. The van der Waals surface area contributed by atoms with Crippen molar-refractivity contribution < 1.29 is 27.9 Å². The number of carbonyl (C=O) groups is 1. The first-order valence-corrected chi connectivity index (χ1v) is 12.8. The molecule has 0 aliphatic heterocycles. The standard InChI is InChI=1S/C27H24N6O7S/c1-13-5-7-15(29-25(35)14-6-8-20(34)39-12-14)9-17(13)24-32-26(40-33-24)22-23(28)31-27(41-22)30-16-10-18(36-2)21(38-4)19(11-16)37-3/h5-12H,28H2,1-4H3,(H,29,35)(H,30,31). The van der Waals surface area contributed by atoms with Gasteiger partial charge in [0.25, 0.3) is 11.8 Å². The van der Waals surface area contributed by atoms with Gasteiger partial charge in [-0.3, -0.25) is 4.79 Å². The summed E-state index contributed by atoms with van der Waals surface area (Å²) in [7, 11) is 4.59. The number of hydrogen-bond acceptors (Lipinski definition) is 13. The summed E-state index contributed by atoms with van der Waals surface area (Å²) in [6, 6.07) is 11.3. The molecule has 3 aromatic heterocycles. The van der Waals surface area contributed by atoms with E-state index >= 15 is 0 Å². The van der Waals surface area contributed by atoms with E-state index in [1.807, 2.05) is 13.0 Å². The summed E-state index contributed by atoms with van der Waals surface area (Å²) in [5.41, 5.74) is 8.46. The number of amides is 1. The highest BCUT2D eigenvalue weighted by atomic mass is 32.1. The molecule has 2 aromatic carbocycles. The summed E-state index contributed by atoms with van der Waals surface area (Å²) < 4.78 is 26.5. The maximum atomic E-state index is 12.6. The maximum absolute atomic E-state index is 12.6. The van der Waals surface area contributed by atoms with Gasteiger partial charge in [-0.05, 0) is 30.7 Å². The van der Waals surface area contributed by atoms with Gasteiger partial charge in [0.2, 0.25) is 11.6 Å². The second kappa shape index (κ2) is 11.4. The Morgan fingerprint density at radius 3 is 2.39 bits per heavy atom. The Hall–Kier alpha value is -5.37. The fourth-order valence-corrected chi connectivity index (χ4v) is 4.70. The first-order valence-electron chi connectivity index (χ1n) is 12.0. The molecule has 0 fully saturated rings. The Morgan fingerprint density at radius 2 is 1.73 bits per heavy atom. The summed E-state index contributed by atoms with van der Waals surface area (Å²) in [5.74, 6) is 1.65. The molecule has 0 atom stereocenters. The largest absolute Gasteiger partial charge is 0.493 e. The zero-order valence-corrected chi connectivity index (χ0v) is 23.1. The number of nitrogens with two attached hydrogens (primary N) is 1. The van der Waals surface area contributed by atoms with Crippen LogP contribution in [-0.2, 0) is 0 Å². The molecular weight excluding hydrogens is 552 g/mol. The molecule has 0 saturated carbocycles. The van der Waals surface area contributed by atoms with E-state index < -0.39 is 11.5 Å². The van der Waals surface area contributed by atoms with Crippen molar-refractivity contribution in [2.24, 2.45) is 0 Å². The number of nitrogen functional groups attached to an aromatic ring is 1. The number of aromatic nitrogens is 3. The molecule has 0 saturated heterocycles. The minimum atomic E-state index is -0.544. The van der Waals surface area contributed by atoms with Crippen LogP contribution >= 0.6 is 11.3 Å². The van der Waals surface area contributed by atoms with E-state index in [0.29, 0.717) is 50.0 Å². The Kier molecular flexibility index (Phi) is 7.56. The monoisotopic (exact) mass is 576 g/mol. The van der Waals surface area contributed by atoms with Gasteiger partial charge in [0.15, 0.2) is 16.6 Å². The van der Waals surface area contributed by atoms with E-state index in [0.717, 1.165) is 11.8 Å². The Morgan fingerprint density at radius 1 is 0.976 bits per heavy atom. The number of methoxy groups -OCH3 is 3. The summed E-state index contributed by atoms with van der Waals surface area (Å²) in [5, 5.41) is 10.5. The molecule has 0 spiro atoms. The predicted molar refractivity (Wildman–Crippen MR) is 152 cm³/mol. The molecule has 210 valence electrons. The van der Waals surface area contributed by atoms with Gasteiger partial charge in [-0.15, -0.1) is 0 Å². The number of nitrogens with one attached hydrogen (secondary N) is 2. The third kappa shape index (κ3) is 5.67. The highest BCUT2D eigenvalue weighted by Crippen LogP contribution is 2.42. The van der Waals surface area contributed by atoms with Crippen LogP contribution in [0.5, 0.6) is 17.2 Å². The Bertz CT molecular complexity index is 1750. The first kappa shape index (κ1) is 27.2. The smallest absolute Gasteiger partial charge is 0.335 e. The highest BCUT2D eigenvalue weighted by molar-refractivity contribution is 7.19. The van der Waals surface area contributed by atoms with Crippen molar-refractivity contribution in [3.63, 3.8) is 0 Å². The molecule has 5 rings (SSSR count). The molecule has 14 heteroatoms. The molecule has 5 aromatic rings. The molecule has 0 bridgehead atoms. The van der Waals surface area contributed by atoms with Crippen LogP contribution in [0.2, 0.25) is 0 Å². The third-order valence-corrected chi connectivity index (χ3v) is 6.86. The number of carbonyl (C=O) groups excluding carboxylic acids is 1. The van der Waals surface area contributed by atoms with Gasteiger partial charge in [-0.1, -0.05) is 22.6 Å². The van der Waals surface area contributed by atoms with Crippen LogP contribution in [0, 0.1) is 6.92 Å². The van der Waals surface area contributed by atoms with Gasteiger partial charge < -0.3 is 39.5 Å². The van der Waals surface area contributed by atoms with Gasteiger partial charge in [0, 0.05) is 35.1 Å². The maximum Gasteiger partial charge on any atom is 0.335 e. The second-order valence-corrected chi connectivity index (χ2v) is 9.52. The fourth-order valence-electron chi connectivity index (χ4n) is 3.87. The molecule has 3 heterocycles. The average Bonchev–Trinajstić information content (AvgIpc) is 3.60. The molecule has 13 nitrogen and oxygen atoms in total. The summed E-state index contributed by atoms with van der Waals surface area (Å²) >= 11 is 1.22. The normalized spacial score (nSPS) is 10.7.